The Hall–Kier alpha value is -1.98. The van der Waals surface area contributed by atoms with Crippen LogP contribution in [0.25, 0.3) is 10.9 Å². The molecule has 3 saturated carbocycles. The summed E-state index contributed by atoms with van der Waals surface area (Å²) in [4.78, 5) is 12.9. The van der Waals surface area contributed by atoms with Crippen molar-refractivity contribution in [2.45, 2.75) is 58.2 Å². The van der Waals surface area contributed by atoms with E-state index in [4.69, 9.17) is 0 Å². The van der Waals surface area contributed by atoms with Gasteiger partial charge in [0, 0.05) is 30.2 Å². The minimum Gasteiger partial charge on any atom is -0.351 e. The highest BCUT2D eigenvalue weighted by atomic mass is 19.4. The van der Waals surface area contributed by atoms with E-state index in [1.165, 1.54) is 25.3 Å². The number of benzene rings is 1. The predicted octanol–water partition coefficient (Wildman–Crippen LogP) is 5.38. The third-order valence-corrected chi connectivity index (χ3v) is 6.67. The first-order chi connectivity index (χ1) is 12.8. The second-order valence-corrected chi connectivity index (χ2v) is 8.19. The minimum absolute atomic E-state index is 0.00852. The van der Waals surface area contributed by atoms with Crippen molar-refractivity contribution < 1.29 is 18.0 Å². The lowest BCUT2D eigenvalue weighted by Crippen LogP contribution is -2.43. The molecule has 1 aromatic carbocycles. The summed E-state index contributed by atoms with van der Waals surface area (Å²) in [6, 6.07) is 4.10. The van der Waals surface area contributed by atoms with Gasteiger partial charge in [-0.15, -0.1) is 0 Å². The van der Waals surface area contributed by atoms with Gasteiger partial charge in [-0.2, -0.15) is 13.2 Å². The van der Waals surface area contributed by atoms with Crippen molar-refractivity contribution in [3.8, 4) is 0 Å². The number of carbonyl (C=O) groups excluding carboxylic acids is 1. The van der Waals surface area contributed by atoms with Gasteiger partial charge in [-0.05, 0) is 68.9 Å². The number of carbonyl (C=O) groups is 1. The summed E-state index contributed by atoms with van der Waals surface area (Å²) >= 11 is 0. The molecule has 2 aromatic rings. The highest BCUT2D eigenvalue weighted by Crippen LogP contribution is 2.49. The van der Waals surface area contributed by atoms with Crippen LogP contribution < -0.4 is 5.32 Å². The maximum absolute atomic E-state index is 13.5. The van der Waals surface area contributed by atoms with E-state index in [0.717, 1.165) is 31.2 Å². The number of rotatable bonds is 4. The number of nitrogens with one attached hydrogen (secondary N) is 1. The van der Waals surface area contributed by atoms with E-state index < -0.39 is 17.6 Å². The van der Waals surface area contributed by atoms with Crippen molar-refractivity contribution in [1.82, 2.24) is 9.88 Å². The van der Waals surface area contributed by atoms with Gasteiger partial charge in [0.2, 0.25) is 0 Å². The molecule has 3 aliphatic rings. The van der Waals surface area contributed by atoms with Crippen LogP contribution in [0.1, 0.15) is 61.4 Å². The third kappa shape index (κ3) is 3.23. The summed E-state index contributed by atoms with van der Waals surface area (Å²) in [5, 5.41) is 2.98. The van der Waals surface area contributed by atoms with E-state index in [1.54, 1.807) is 16.8 Å². The van der Waals surface area contributed by atoms with Crippen LogP contribution in [-0.2, 0) is 12.7 Å². The zero-order valence-corrected chi connectivity index (χ0v) is 15.5. The van der Waals surface area contributed by atoms with Crippen molar-refractivity contribution >= 4 is 16.8 Å². The topological polar surface area (TPSA) is 34.0 Å². The second-order valence-electron chi connectivity index (χ2n) is 8.19. The van der Waals surface area contributed by atoms with Crippen molar-refractivity contribution in [2.75, 3.05) is 6.54 Å². The number of hydrogen-bond donors (Lipinski definition) is 1. The average molecular weight is 378 g/mol. The highest BCUT2D eigenvalue weighted by Gasteiger charge is 2.41. The van der Waals surface area contributed by atoms with Crippen LogP contribution in [0, 0.1) is 11.3 Å². The number of amides is 1. The van der Waals surface area contributed by atoms with Gasteiger partial charge in [-0.3, -0.25) is 4.79 Å². The normalized spacial score (nSPS) is 25.1. The average Bonchev–Trinajstić information content (AvgIpc) is 3.06. The molecule has 0 saturated heterocycles. The monoisotopic (exact) mass is 378 g/mol. The Bertz CT molecular complexity index is 846. The summed E-state index contributed by atoms with van der Waals surface area (Å²) < 4.78 is 42.3. The van der Waals surface area contributed by atoms with Crippen LogP contribution >= 0.6 is 0 Å². The van der Waals surface area contributed by atoms with E-state index in [1.807, 2.05) is 6.92 Å². The Morgan fingerprint density at radius 2 is 1.89 bits per heavy atom. The number of aromatic nitrogens is 1. The molecule has 0 atom stereocenters. The fourth-order valence-corrected chi connectivity index (χ4v) is 4.99. The predicted molar refractivity (Wildman–Crippen MR) is 98.6 cm³/mol. The van der Waals surface area contributed by atoms with E-state index in [9.17, 15) is 18.0 Å². The lowest BCUT2D eigenvalue weighted by molar-refractivity contribution is -0.136. The van der Waals surface area contributed by atoms with Gasteiger partial charge in [0.25, 0.3) is 5.91 Å². The van der Waals surface area contributed by atoms with Gasteiger partial charge in [0.1, 0.15) is 0 Å². The van der Waals surface area contributed by atoms with Crippen molar-refractivity contribution in [1.29, 1.82) is 0 Å². The molecule has 6 heteroatoms. The van der Waals surface area contributed by atoms with Gasteiger partial charge >= 0.3 is 6.18 Å². The number of aryl methyl sites for hydroxylation is 1. The molecule has 146 valence electrons. The van der Waals surface area contributed by atoms with Crippen LogP contribution in [0.2, 0.25) is 0 Å². The van der Waals surface area contributed by atoms with E-state index >= 15 is 0 Å². The van der Waals surface area contributed by atoms with Crippen molar-refractivity contribution in [3.05, 3.63) is 35.5 Å². The summed E-state index contributed by atoms with van der Waals surface area (Å²) in [6.45, 7) is 2.93. The number of fused-ring (bicyclic) bond motifs is 4. The van der Waals surface area contributed by atoms with Crippen LogP contribution in [0.3, 0.4) is 0 Å². The van der Waals surface area contributed by atoms with E-state index in [-0.39, 0.29) is 16.4 Å². The molecule has 0 radical (unpaired) electrons. The molecule has 0 aliphatic heterocycles. The molecule has 3 nitrogen and oxygen atoms in total. The first-order valence-electron chi connectivity index (χ1n) is 9.80. The quantitative estimate of drug-likeness (QED) is 0.761. The van der Waals surface area contributed by atoms with Gasteiger partial charge in [-0.25, -0.2) is 0 Å². The summed E-state index contributed by atoms with van der Waals surface area (Å²) in [5.41, 5.74) is -0.0245. The number of hydrogen-bond acceptors (Lipinski definition) is 1. The fraction of sp³-hybridized carbons (Fsp3) is 0.571. The van der Waals surface area contributed by atoms with Crippen LogP contribution in [-0.4, -0.2) is 17.0 Å². The van der Waals surface area contributed by atoms with Crippen LogP contribution in [0.15, 0.2) is 24.4 Å². The van der Waals surface area contributed by atoms with Crippen LogP contribution in [0.5, 0.6) is 0 Å². The molecule has 0 spiro atoms. The molecular weight excluding hydrogens is 353 g/mol. The minimum atomic E-state index is -4.49. The fourth-order valence-electron chi connectivity index (χ4n) is 4.99. The summed E-state index contributed by atoms with van der Waals surface area (Å²) in [6.07, 6.45) is 4.04. The van der Waals surface area contributed by atoms with Gasteiger partial charge < -0.3 is 9.88 Å². The smallest absolute Gasteiger partial charge is 0.351 e. The summed E-state index contributed by atoms with van der Waals surface area (Å²) in [5.74, 6) is 0.436. The number of alkyl halides is 3. The van der Waals surface area contributed by atoms with Crippen molar-refractivity contribution in [3.63, 3.8) is 0 Å². The Balaban J connectivity index is 1.65. The SMILES string of the molecule is CCn1cc(C(=O)NCC23CCC(CC2)CC3)c2c(C(F)(F)F)cccc21. The molecule has 2 bridgehead atoms. The lowest BCUT2D eigenvalue weighted by Gasteiger charge is -2.46. The molecule has 27 heavy (non-hydrogen) atoms. The molecule has 3 aliphatic carbocycles. The van der Waals surface area contributed by atoms with E-state index in [2.05, 4.69) is 5.32 Å². The zero-order chi connectivity index (χ0) is 19.2. The zero-order valence-electron chi connectivity index (χ0n) is 15.5. The molecule has 0 unspecified atom stereocenters. The van der Waals surface area contributed by atoms with Gasteiger partial charge in [0.15, 0.2) is 0 Å². The largest absolute Gasteiger partial charge is 0.417 e. The maximum atomic E-state index is 13.5. The number of halogens is 3. The summed E-state index contributed by atoms with van der Waals surface area (Å²) in [7, 11) is 0. The molecule has 1 amide bonds. The molecule has 1 heterocycles. The molecule has 5 rings (SSSR count). The lowest BCUT2D eigenvalue weighted by atomic mass is 9.61. The third-order valence-electron chi connectivity index (χ3n) is 6.67. The molecule has 3 fully saturated rings. The first-order valence-corrected chi connectivity index (χ1v) is 9.80. The Morgan fingerprint density at radius 3 is 2.48 bits per heavy atom. The van der Waals surface area contributed by atoms with Gasteiger partial charge in [-0.1, -0.05) is 6.07 Å². The van der Waals surface area contributed by atoms with Crippen molar-refractivity contribution in [2.24, 2.45) is 11.3 Å². The Morgan fingerprint density at radius 1 is 1.22 bits per heavy atom. The number of nitrogens with zero attached hydrogens (tertiary/aromatic N) is 1. The maximum Gasteiger partial charge on any atom is 0.417 e. The van der Waals surface area contributed by atoms with Gasteiger partial charge in [0.05, 0.1) is 11.1 Å². The second kappa shape index (κ2) is 6.57. The highest BCUT2D eigenvalue weighted by molar-refractivity contribution is 6.08. The van der Waals surface area contributed by atoms with E-state index in [0.29, 0.717) is 18.6 Å². The van der Waals surface area contributed by atoms with Crippen LogP contribution in [0.4, 0.5) is 13.2 Å². The standard InChI is InChI=1S/C21H25F3N2O/c1-2-26-12-15(18-16(21(22,23)24)4-3-5-17(18)26)19(27)25-13-20-9-6-14(7-10-20)8-11-20/h3-5,12,14H,2,6-11,13H2,1H3,(H,25,27). The molecule has 1 N–H and O–H groups in total. The first kappa shape index (κ1) is 18.4. The Labute approximate surface area is 156 Å². The molecular formula is C21H25F3N2O. The molecule has 1 aromatic heterocycles. The Kier molecular flexibility index (Phi) is 4.47.